The Labute approximate surface area is 254 Å². The Morgan fingerprint density at radius 3 is 2.64 bits per heavy atom. The van der Waals surface area contributed by atoms with E-state index < -0.39 is 52.1 Å². The lowest BCUT2D eigenvalue weighted by molar-refractivity contribution is -0.118. The van der Waals surface area contributed by atoms with Crippen molar-refractivity contribution in [2.24, 2.45) is 11.8 Å². The van der Waals surface area contributed by atoms with Crippen molar-refractivity contribution in [3.05, 3.63) is 75.8 Å². The van der Waals surface area contributed by atoms with Gasteiger partial charge in [-0.2, -0.15) is 10.2 Å². The lowest BCUT2D eigenvalue weighted by Gasteiger charge is -2.20. The van der Waals surface area contributed by atoms with Gasteiger partial charge in [-0.3, -0.25) is 24.2 Å². The van der Waals surface area contributed by atoms with E-state index in [0.29, 0.717) is 24.0 Å². The summed E-state index contributed by atoms with van der Waals surface area (Å²) in [4.78, 5) is 35.6. The van der Waals surface area contributed by atoms with Crippen LogP contribution in [0, 0.1) is 24.6 Å². The number of nitrogens with zero attached hydrogens (tertiary/aromatic N) is 7. The number of aryl methyl sites for hydroxylation is 1. The normalized spacial score (nSPS) is 18.8. The highest BCUT2D eigenvalue weighted by Gasteiger charge is 2.53. The number of aliphatic hydroxyl groups is 1. The van der Waals surface area contributed by atoms with Gasteiger partial charge in [0.1, 0.15) is 0 Å². The van der Waals surface area contributed by atoms with E-state index in [1.165, 1.54) is 19.3 Å². The van der Waals surface area contributed by atoms with Gasteiger partial charge in [0.2, 0.25) is 5.91 Å². The monoisotopic (exact) mass is 626 g/mol. The average Bonchev–Trinajstić information content (AvgIpc) is 3.49. The molecule has 2 fully saturated rings. The molecule has 0 radical (unpaired) electrons. The number of benzene rings is 1. The number of hydrogen-bond donors (Lipinski definition) is 2. The van der Waals surface area contributed by atoms with Crippen molar-refractivity contribution >= 4 is 34.9 Å². The molecule has 15 heteroatoms. The topological polar surface area (TPSA) is 139 Å². The van der Waals surface area contributed by atoms with Crippen LogP contribution in [0.3, 0.4) is 0 Å². The first-order valence-corrected chi connectivity index (χ1v) is 14.1. The quantitative estimate of drug-likeness (QED) is 0.277. The van der Waals surface area contributed by atoms with Crippen LogP contribution in [0.4, 0.5) is 24.7 Å². The molecule has 1 aliphatic heterocycles. The number of aliphatic hydroxyl groups excluding tert-OH is 1. The van der Waals surface area contributed by atoms with Gasteiger partial charge < -0.3 is 10.4 Å². The van der Waals surface area contributed by atoms with Gasteiger partial charge in [-0.15, -0.1) is 5.10 Å². The highest BCUT2D eigenvalue weighted by Crippen LogP contribution is 2.47. The molecule has 2 amide bonds. The minimum Gasteiger partial charge on any atom is -0.387 e. The standard InChI is InChI=1S/C29H26ClF3N8O3/c1-12-6-20(38-39-27(12)40-10-15-7-18(15)29(40)44)13(2)41-11-16(8-35-41)36-28(43)25-24(14(3)42)34-9-21(37-25)22-17(26(32)33)4-5-19(30)23(22)31/h4-6,8-9,11,13-15,18,26,42H,7,10H2,1-3H3,(H,36,43)/t13-,14-,15-,18-/m1/s1. The molecule has 0 unspecified atom stereocenters. The number of fused-ring (bicyclic) bond motifs is 1. The summed E-state index contributed by atoms with van der Waals surface area (Å²) in [6, 6.07) is 3.41. The predicted octanol–water partition coefficient (Wildman–Crippen LogP) is 5.07. The number of halogens is 4. The smallest absolute Gasteiger partial charge is 0.276 e. The van der Waals surface area contributed by atoms with Gasteiger partial charge >= 0.3 is 0 Å². The number of amides is 2. The Morgan fingerprint density at radius 1 is 1.20 bits per heavy atom. The molecular formula is C29H26ClF3N8O3. The summed E-state index contributed by atoms with van der Waals surface area (Å²) < 4.78 is 43.9. The van der Waals surface area contributed by atoms with Crippen molar-refractivity contribution in [3.63, 3.8) is 0 Å². The fraction of sp³-hybridized carbons (Fsp3) is 0.345. The minimum absolute atomic E-state index is 0.0850. The molecule has 4 aromatic rings. The highest BCUT2D eigenvalue weighted by atomic mass is 35.5. The Hall–Kier alpha value is -4.43. The van der Waals surface area contributed by atoms with Crippen LogP contribution in [0.2, 0.25) is 5.02 Å². The van der Waals surface area contributed by atoms with E-state index in [1.54, 1.807) is 9.58 Å². The van der Waals surface area contributed by atoms with Gasteiger partial charge in [0.05, 0.1) is 52.3 Å². The van der Waals surface area contributed by atoms with Gasteiger partial charge in [0.15, 0.2) is 17.3 Å². The number of aromatic nitrogens is 6. The number of carbonyl (C=O) groups is 2. The SMILES string of the molecule is Cc1cc([C@@H](C)n2cc(NC(=O)c3nc(-c4c(C(F)F)ccc(Cl)c4F)cnc3[C@@H](C)O)cn2)nnc1N1C[C@H]2C[C@H]2C1=O. The third kappa shape index (κ3) is 5.28. The molecule has 4 heterocycles. The first-order chi connectivity index (χ1) is 20.9. The lowest BCUT2D eigenvalue weighted by Crippen LogP contribution is -2.30. The molecule has 6 rings (SSSR count). The van der Waals surface area contributed by atoms with E-state index in [-0.39, 0.29) is 28.9 Å². The van der Waals surface area contributed by atoms with Crippen molar-refractivity contribution in [1.82, 2.24) is 29.9 Å². The Morgan fingerprint density at radius 2 is 1.98 bits per heavy atom. The first-order valence-electron chi connectivity index (χ1n) is 13.8. The van der Waals surface area contributed by atoms with Gasteiger partial charge in [0.25, 0.3) is 12.3 Å². The third-order valence-electron chi connectivity index (χ3n) is 7.87. The summed E-state index contributed by atoms with van der Waals surface area (Å²) in [7, 11) is 0. The Balaban J connectivity index is 1.24. The second kappa shape index (κ2) is 11.2. The number of hydrogen-bond acceptors (Lipinski definition) is 8. The number of nitrogens with one attached hydrogen (secondary N) is 1. The van der Waals surface area contributed by atoms with Crippen LogP contribution >= 0.6 is 11.6 Å². The molecule has 2 N–H and O–H groups in total. The zero-order valence-corrected chi connectivity index (χ0v) is 24.4. The second-order valence-corrected chi connectivity index (χ2v) is 11.4. The Kier molecular flexibility index (Phi) is 7.58. The first kappa shape index (κ1) is 29.6. The number of carbonyl (C=O) groups excluding carboxylic acids is 2. The molecule has 1 aliphatic carbocycles. The zero-order valence-electron chi connectivity index (χ0n) is 23.7. The van der Waals surface area contributed by atoms with Gasteiger partial charge in [-0.05, 0) is 50.8 Å². The second-order valence-electron chi connectivity index (χ2n) is 11.0. The summed E-state index contributed by atoms with van der Waals surface area (Å²) in [5, 5.41) is 25.4. The molecule has 0 bridgehead atoms. The van der Waals surface area contributed by atoms with Crippen molar-refractivity contribution < 1.29 is 27.9 Å². The molecule has 3 aromatic heterocycles. The summed E-state index contributed by atoms with van der Waals surface area (Å²) in [5.41, 5.74) is -0.550. The third-order valence-corrected chi connectivity index (χ3v) is 8.16. The average molecular weight is 627 g/mol. The van der Waals surface area contributed by atoms with Crippen LogP contribution in [0.15, 0.2) is 36.8 Å². The number of anilines is 2. The Bertz CT molecular complexity index is 1800. The van der Waals surface area contributed by atoms with Crippen LogP contribution in [0.5, 0.6) is 0 Å². The number of rotatable bonds is 8. The molecule has 1 saturated carbocycles. The summed E-state index contributed by atoms with van der Waals surface area (Å²) in [6.45, 7) is 5.70. The maximum absolute atomic E-state index is 14.9. The van der Waals surface area contributed by atoms with Crippen molar-refractivity contribution in [2.45, 2.75) is 45.8 Å². The van der Waals surface area contributed by atoms with Gasteiger partial charge in [-0.1, -0.05) is 17.7 Å². The lowest BCUT2D eigenvalue weighted by atomic mass is 10.0. The van der Waals surface area contributed by atoms with E-state index in [9.17, 15) is 27.9 Å². The maximum atomic E-state index is 14.9. The van der Waals surface area contributed by atoms with Crippen LogP contribution in [0.25, 0.3) is 11.3 Å². The van der Waals surface area contributed by atoms with E-state index in [2.05, 4.69) is 30.6 Å². The fourth-order valence-corrected chi connectivity index (χ4v) is 5.53. The number of alkyl halides is 2. The predicted molar refractivity (Wildman–Crippen MR) is 153 cm³/mol. The van der Waals surface area contributed by atoms with Gasteiger partial charge in [-0.25, -0.2) is 18.2 Å². The van der Waals surface area contributed by atoms with Crippen LogP contribution in [-0.2, 0) is 4.79 Å². The van der Waals surface area contributed by atoms with E-state index in [4.69, 9.17) is 11.6 Å². The van der Waals surface area contributed by atoms with Crippen molar-refractivity contribution in [3.8, 4) is 11.3 Å². The summed E-state index contributed by atoms with van der Waals surface area (Å²) in [5.74, 6) is -0.843. The number of piperidine rings is 1. The maximum Gasteiger partial charge on any atom is 0.276 e. The van der Waals surface area contributed by atoms with Crippen LogP contribution in [-0.4, -0.2) is 53.4 Å². The molecule has 1 saturated heterocycles. The largest absolute Gasteiger partial charge is 0.387 e. The minimum atomic E-state index is -3.06. The molecule has 11 nitrogen and oxygen atoms in total. The van der Waals surface area contributed by atoms with Crippen LogP contribution in [0.1, 0.15) is 71.8 Å². The summed E-state index contributed by atoms with van der Waals surface area (Å²) in [6.07, 6.45) is 0.533. The molecule has 1 aromatic carbocycles. The molecule has 228 valence electrons. The molecule has 4 atom stereocenters. The highest BCUT2D eigenvalue weighted by molar-refractivity contribution is 6.31. The van der Waals surface area contributed by atoms with E-state index in [1.807, 2.05) is 19.9 Å². The fourth-order valence-electron chi connectivity index (χ4n) is 5.38. The van der Waals surface area contributed by atoms with E-state index >= 15 is 0 Å². The molecule has 44 heavy (non-hydrogen) atoms. The molecular weight excluding hydrogens is 601 g/mol. The van der Waals surface area contributed by atoms with Crippen LogP contribution < -0.4 is 10.2 Å². The van der Waals surface area contributed by atoms with Crippen molar-refractivity contribution in [2.75, 3.05) is 16.8 Å². The van der Waals surface area contributed by atoms with Gasteiger partial charge in [0, 0.05) is 29.8 Å². The van der Waals surface area contributed by atoms with E-state index in [0.717, 1.165) is 30.3 Å². The molecule has 2 aliphatic rings. The van der Waals surface area contributed by atoms with Crippen molar-refractivity contribution in [1.29, 1.82) is 0 Å². The molecule has 0 spiro atoms. The zero-order chi connectivity index (χ0) is 31.4. The summed E-state index contributed by atoms with van der Waals surface area (Å²) >= 11 is 5.84.